The Hall–Kier alpha value is -3.05. The van der Waals surface area contributed by atoms with E-state index in [4.69, 9.17) is 9.47 Å². The van der Waals surface area contributed by atoms with Crippen molar-refractivity contribution in [3.8, 4) is 0 Å². The summed E-state index contributed by atoms with van der Waals surface area (Å²) in [6.07, 6.45) is 2.21. The fraction of sp³-hybridized carbons (Fsp3) is 0.500. The highest BCUT2D eigenvalue weighted by Gasteiger charge is 2.55. The molecule has 1 N–H and O–H groups in total. The predicted molar refractivity (Wildman–Crippen MR) is 117 cm³/mol. The standard InChI is InChI=1S/C22H25N3O7S/c1-11(27)16-19-24(9-23-16)15(8-33-19)13-7-14-12(5-6-26)18(28)25(14)17(13)20(29)31-10-32-21(30)22(2,3)4/h8-9,12,14,26H,5-7,10H2,1-4H3/t12-,14+/m0/s1. The van der Waals surface area contributed by atoms with Gasteiger partial charge >= 0.3 is 11.9 Å². The van der Waals surface area contributed by atoms with Gasteiger partial charge in [0.15, 0.2) is 5.78 Å². The number of ether oxygens (including phenoxy) is 2. The van der Waals surface area contributed by atoms with Crippen LogP contribution in [0.2, 0.25) is 0 Å². The second kappa shape index (κ2) is 8.38. The molecule has 0 unspecified atom stereocenters. The maximum absolute atomic E-state index is 13.0. The molecule has 2 atom stereocenters. The topological polar surface area (TPSA) is 128 Å². The third-order valence-corrected chi connectivity index (χ3v) is 6.78. The maximum Gasteiger partial charge on any atom is 0.358 e. The minimum atomic E-state index is -0.781. The molecule has 4 rings (SSSR count). The summed E-state index contributed by atoms with van der Waals surface area (Å²) in [5.41, 5.74) is 0.890. The second-order valence-electron chi connectivity index (χ2n) is 9.10. The number of thiazole rings is 1. The Morgan fingerprint density at radius 2 is 2.00 bits per heavy atom. The molecule has 0 saturated carbocycles. The Labute approximate surface area is 193 Å². The molecule has 2 aromatic rings. The number of fused-ring (bicyclic) bond motifs is 2. The summed E-state index contributed by atoms with van der Waals surface area (Å²) in [7, 11) is 0. The van der Waals surface area contributed by atoms with Crippen LogP contribution in [0.1, 0.15) is 56.7 Å². The predicted octanol–water partition coefficient (Wildman–Crippen LogP) is 2.01. The number of ketones is 1. The number of hydrogen-bond acceptors (Lipinski definition) is 9. The number of carbonyl (C=O) groups excluding carboxylic acids is 4. The number of hydrogen-bond donors (Lipinski definition) is 1. The van der Waals surface area contributed by atoms with E-state index in [0.29, 0.717) is 34.6 Å². The van der Waals surface area contributed by atoms with Crippen LogP contribution in [0.3, 0.4) is 0 Å². The number of nitrogens with zero attached hydrogens (tertiary/aromatic N) is 3. The van der Waals surface area contributed by atoms with Gasteiger partial charge in [0, 0.05) is 24.5 Å². The summed E-state index contributed by atoms with van der Waals surface area (Å²) < 4.78 is 12.0. The van der Waals surface area contributed by atoms with Crippen LogP contribution in [0, 0.1) is 11.3 Å². The third kappa shape index (κ3) is 3.84. The van der Waals surface area contributed by atoms with E-state index in [0.717, 1.165) is 0 Å². The molecule has 0 spiro atoms. The molecule has 2 aliphatic heterocycles. The number of aliphatic hydroxyl groups is 1. The number of carbonyl (C=O) groups is 4. The van der Waals surface area contributed by atoms with Crippen molar-refractivity contribution in [2.24, 2.45) is 11.3 Å². The van der Waals surface area contributed by atoms with Gasteiger partial charge in [0.2, 0.25) is 12.7 Å². The van der Waals surface area contributed by atoms with Gasteiger partial charge in [0.1, 0.15) is 22.5 Å². The lowest BCUT2D eigenvalue weighted by molar-refractivity contribution is -0.174. The van der Waals surface area contributed by atoms with Crippen molar-refractivity contribution in [1.29, 1.82) is 0 Å². The van der Waals surface area contributed by atoms with Crippen molar-refractivity contribution in [3.05, 3.63) is 28.8 Å². The molecule has 0 aliphatic carbocycles. The maximum atomic E-state index is 13.0. The monoisotopic (exact) mass is 475 g/mol. The number of aliphatic hydroxyl groups excluding tert-OH is 1. The van der Waals surface area contributed by atoms with Gasteiger partial charge in [-0.3, -0.25) is 18.8 Å². The molecule has 1 fully saturated rings. The first-order valence-electron chi connectivity index (χ1n) is 10.5. The number of esters is 2. The van der Waals surface area contributed by atoms with Crippen molar-refractivity contribution in [1.82, 2.24) is 14.3 Å². The molecule has 33 heavy (non-hydrogen) atoms. The molecule has 0 bridgehead atoms. The van der Waals surface area contributed by atoms with E-state index < -0.39 is 30.1 Å². The van der Waals surface area contributed by atoms with Crippen LogP contribution in [-0.2, 0) is 23.9 Å². The molecule has 2 aromatic heterocycles. The number of rotatable bonds is 7. The fourth-order valence-electron chi connectivity index (χ4n) is 4.14. The van der Waals surface area contributed by atoms with Crippen LogP contribution in [0.15, 0.2) is 17.4 Å². The molecule has 11 heteroatoms. The SMILES string of the molecule is CC(=O)c1ncn2c(C3=C(C(=O)OCOC(=O)C(C)(C)C)N4C(=O)[C@@H](CCO)[C@H]4C3)csc12. The Balaban J connectivity index is 1.66. The molecule has 176 valence electrons. The van der Waals surface area contributed by atoms with Crippen molar-refractivity contribution in [2.45, 2.75) is 46.6 Å². The van der Waals surface area contributed by atoms with Crippen molar-refractivity contribution in [3.63, 3.8) is 0 Å². The Kier molecular flexibility index (Phi) is 5.87. The van der Waals surface area contributed by atoms with Crippen molar-refractivity contribution >= 4 is 45.4 Å². The quantitative estimate of drug-likeness (QED) is 0.279. The lowest BCUT2D eigenvalue weighted by Crippen LogP contribution is -2.58. The zero-order valence-electron chi connectivity index (χ0n) is 18.8. The molecule has 0 radical (unpaired) electrons. The van der Waals surface area contributed by atoms with Gasteiger partial charge in [-0.25, -0.2) is 9.78 Å². The largest absolute Gasteiger partial charge is 0.427 e. The van der Waals surface area contributed by atoms with Crippen LogP contribution in [0.5, 0.6) is 0 Å². The summed E-state index contributed by atoms with van der Waals surface area (Å²) in [6.45, 7) is 5.77. The zero-order valence-corrected chi connectivity index (χ0v) is 19.6. The van der Waals surface area contributed by atoms with Crippen molar-refractivity contribution in [2.75, 3.05) is 13.4 Å². The van der Waals surface area contributed by atoms with Gasteiger partial charge in [-0.2, -0.15) is 0 Å². The Morgan fingerprint density at radius 3 is 2.64 bits per heavy atom. The fourth-order valence-corrected chi connectivity index (χ4v) is 5.18. The molecular formula is C22H25N3O7S. The normalized spacial score (nSPS) is 20.2. The van der Waals surface area contributed by atoms with Gasteiger partial charge in [0.05, 0.1) is 23.1 Å². The van der Waals surface area contributed by atoms with E-state index in [1.54, 1.807) is 25.2 Å². The first kappa shape index (κ1) is 23.1. The van der Waals surface area contributed by atoms with E-state index in [1.165, 1.54) is 29.5 Å². The minimum Gasteiger partial charge on any atom is -0.427 e. The molecule has 4 heterocycles. The highest BCUT2D eigenvalue weighted by Crippen LogP contribution is 2.47. The van der Waals surface area contributed by atoms with Crippen molar-refractivity contribution < 1.29 is 33.8 Å². The summed E-state index contributed by atoms with van der Waals surface area (Å²) >= 11 is 1.32. The average Bonchev–Trinajstić information content (AvgIpc) is 3.42. The van der Waals surface area contributed by atoms with Crippen LogP contribution in [0.25, 0.3) is 10.4 Å². The highest BCUT2D eigenvalue weighted by atomic mass is 32.1. The van der Waals surface area contributed by atoms with E-state index in [2.05, 4.69) is 4.98 Å². The highest BCUT2D eigenvalue weighted by molar-refractivity contribution is 7.16. The number of β-lactam (4-membered cyclic amide) rings is 1. The van der Waals surface area contributed by atoms with E-state index in [-0.39, 0.29) is 30.0 Å². The number of imidazole rings is 1. The number of Topliss-reactive ketones (excluding diaryl/α,β-unsaturated/α-hetero) is 1. The average molecular weight is 476 g/mol. The molecule has 1 saturated heterocycles. The van der Waals surface area contributed by atoms with Crippen LogP contribution < -0.4 is 0 Å². The molecule has 1 amide bonds. The minimum absolute atomic E-state index is 0.0868. The van der Waals surface area contributed by atoms with Gasteiger partial charge < -0.3 is 19.5 Å². The lowest BCUT2D eigenvalue weighted by atomic mass is 9.84. The van der Waals surface area contributed by atoms with Crippen LogP contribution >= 0.6 is 11.3 Å². The molecular weight excluding hydrogens is 450 g/mol. The number of amides is 1. The van der Waals surface area contributed by atoms with E-state index in [1.807, 2.05) is 5.38 Å². The second-order valence-corrected chi connectivity index (χ2v) is 9.96. The Morgan fingerprint density at radius 1 is 1.27 bits per heavy atom. The zero-order chi connectivity index (χ0) is 24.1. The summed E-state index contributed by atoms with van der Waals surface area (Å²) in [6, 6.07) is -0.273. The summed E-state index contributed by atoms with van der Waals surface area (Å²) in [5, 5.41) is 11.1. The molecule has 10 nitrogen and oxygen atoms in total. The van der Waals surface area contributed by atoms with Gasteiger partial charge in [0.25, 0.3) is 0 Å². The van der Waals surface area contributed by atoms with Crippen LogP contribution in [0.4, 0.5) is 0 Å². The molecule has 0 aromatic carbocycles. The Bertz CT molecular complexity index is 1190. The summed E-state index contributed by atoms with van der Waals surface area (Å²) in [5.74, 6) is -2.13. The van der Waals surface area contributed by atoms with Gasteiger partial charge in [-0.1, -0.05) is 0 Å². The smallest absolute Gasteiger partial charge is 0.358 e. The van der Waals surface area contributed by atoms with Gasteiger partial charge in [-0.15, -0.1) is 11.3 Å². The van der Waals surface area contributed by atoms with E-state index in [9.17, 15) is 24.3 Å². The lowest BCUT2D eigenvalue weighted by Gasteiger charge is -2.43. The van der Waals surface area contributed by atoms with Crippen LogP contribution in [-0.4, -0.2) is 62.5 Å². The summed E-state index contributed by atoms with van der Waals surface area (Å²) in [4.78, 5) is 55.9. The first-order valence-corrected chi connectivity index (χ1v) is 11.4. The molecule has 2 aliphatic rings. The number of aromatic nitrogens is 2. The third-order valence-electron chi connectivity index (χ3n) is 5.82. The van der Waals surface area contributed by atoms with Gasteiger partial charge in [-0.05, 0) is 33.6 Å². The van der Waals surface area contributed by atoms with E-state index >= 15 is 0 Å². The first-order chi connectivity index (χ1) is 15.6.